The van der Waals surface area contributed by atoms with Crippen molar-refractivity contribution in [2.75, 3.05) is 12.9 Å². The van der Waals surface area contributed by atoms with Crippen molar-refractivity contribution in [1.29, 1.82) is 0 Å². The Morgan fingerprint density at radius 3 is 2.69 bits per heavy atom. The third kappa shape index (κ3) is 3.25. The van der Waals surface area contributed by atoms with E-state index in [4.69, 9.17) is 5.73 Å². The van der Waals surface area contributed by atoms with Crippen LogP contribution in [0.4, 0.5) is 0 Å². The Morgan fingerprint density at radius 1 is 1.50 bits per heavy atom. The zero-order valence-electron chi connectivity index (χ0n) is 9.82. The highest BCUT2D eigenvalue weighted by molar-refractivity contribution is 7.99. The molecule has 16 heavy (non-hydrogen) atoms. The number of benzene rings is 1. The minimum Gasteiger partial charge on any atom is -0.468 e. The first-order valence-corrected chi connectivity index (χ1v) is 6.01. The Labute approximate surface area is 100 Å². The minimum atomic E-state index is -0.943. The van der Waals surface area contributed by atoms with E-state index in [0.29, 0.717) is 5.75 Å². The van der Waals surface area contributed by atoms with Gasteiger partial charge in [0.15, 0.2) is 0 Å². The van der Waals surface area contributed by atoms with Gasteiger partial charge in [-0.2, -0.15) is 0 Å². The lowest BCUT2D eigenvalue weighted by Gasteiger charge is -2.21. The smallest absolute Gasteiger partial charge is 0.326 e. The lowest BCUT2D eigenvalue weighted by Crippen LogP contribution is -2.48. The summed E-state index contributed by atoms with van der Waals surface area (Å²) >= 11 is 1.57. The molecular weight excluding hydrogens is 222 g/mol. The molecule has 1 aromatic rings. The van der Waals surface area contributed by atoms with Crippen LogP contribution in [0.3, 0.4) is 0 Å². The largest absolute Gasteiger partial charge is 0.468 e. The maximum Gasteiger partial charge on any atom is 0.326 e. The fourth-order valence-electron chi connectivity index (χ4n) is 1.24. The van der Waals surface area contributed by atoms with Crippen LogP contribution in [0.5, 0.6) is 0 Å². The lowest BCUT2D eigenvalue weighted by atomic mass is 10.1. The van der Waals surface area contributed by atoms with E-state index in [9.17, 15) is 4.79 Å². The topological polar surface area (TPSA) is 52.3 Å². The molecule has 0 amide bonds. The summed E-state index contributed by atoms with van der Waals surface area (Å²) in [6.07, 6.45) is 0. The highest BCUT2D eigenvalue weighted by atomic mass is 32.2. The molecule has 0 saturated heterocycles. The number of nitrogens with two attached hydrogens (primary N) is 1. The maximum absolute atomic E-state index is 11.4. The van der Waals surface area contributed by atoms with Crippen LogP contribution in [0, 0.1) is 6.92 Å². The molecule has 1 rings (SSSR count). The Morgan fingerprint density at radius 2 is 2.12 bits per heavy atom. The third-order valence-electron chi connectivity index (χ3n) is 2.27. The fraction of sp³-hybridized carbons (Fsp3) is 0.417. The van der Waals surface area contributed by atoms with Crippen LogP contribution < -0.4 is 5.73 Å². The highest BCUT2D eigenvalue weighted by Gasteiger charge is 2.29. The van der Waals surface area contributed by atoms with Crippen molar-refractivity contribution in [2.45, 2.75) is 24.3 Å². The average molecular weight is 239 g/mol. The number of hydrogen-bond donors (Lipinski definition) is 1. The van der Waals surface area contributed by atoms with Gasteiger partial charge in [0.25, 0.3) is 0 Å². The average Bonchev–Trinajstić information content (AvgIpc) is 2.27. The van der Waals surface area contributed by atoms with Crippen molar-refractivity contribution in [3.63, 3.8) is 0 Å². The van der Waals surface area contributed by atoms with Crippen LogP contribution in [0.2, 0.25) is 0 Å². The minimum absolute atomic E-state index is 0.381. The molecule has 0 fully saturated rings. The molecule has 1 atom stereocenters. The van der Waals surface area contributed by atoms with E-state index in [1.54, 1.807) is 18.7 Å². The molecule has 0 aromatic heterocycles. The molecule has 2 N–H and O–H groups in total. The van der Waals surface area contributed by atoms with Gasteiger partial charge in [-0.1, -0.05) is 18.2 Å². The molecule has 0 aliphatic carbocycles. The summed E-state index contributed by atoms with van der Waals surface area (Å²) < 4.78 is 4.66. The Kier molecular flexibility index (Phi) is 4.38. The molecular formula is C12H17NO2S. The van der Waals surface area contributed by atoms with Crippen LogP contribution in [0.1, 0.15) is 12.5 Å². The van der Waals surface area contributed by atoms with E-state index in [-0.39, 0.29) is 5.97 Å². The van der Waals surface area contributed by atoms with Gasteiger partial charge in [-0.15, -0.1) is 11.8 Å². The number of methoxy groups -OCH3 is 1. The summed E-state index contributed by atoms with van der Waals surface area (Å²) in [6.45, 7) is 3.72. The van der Waals surface area contributed by atoms with E-state index in [2.05, 4.69) is 4.74 Å². The maximum atomic E-state index is 11.4. The number of hydrogen-bond acceptors (Lipinski definition) is 4. The normalized spacial score (nSPS) is 14.2. The molecule has 1 unspecified atom stereocenters. The Hall–Kier alpha value is -1.00. The number of carbonyl (C=O) groups excluding carboxylic acids is 1. The van der Waals surface area contributed by atoms with Crippen molar-refractivity contribution in [3.05, 3.63) is 29.8 Å². The van der Waals surface area contributed by atoms with Crippen LogP contribution in [0.15, 0.2) is 29.2 Å². The Balaban J connectivity index is 2.65. The van der Waals surface area contributed by atoms with Gasteiger partial charge in [-0.3, -0.25) is 4.79 Å². The molecule has 3 nitrogen and oxygen atoms in total. The van der Waals surface area contributed by atoms with Crippen LogP contribution >= 0.6 is 11.8 Å². The van der Waals surface area contributed by atoms with E-state index in [0.717, 1.165) is 4.90 Å². The monoisotopic (exact) mass is 239 g/mol. The highest BCUT2D eigenvalue weighted by Crippen LogP contribution is 2.25. The van der Waals surface area contributed by atoms with Crippen molar-refractivity contribution in [3.8, 4) is 0 Å². The molecule has 0 radical (unpaired) electrons. The van der Waals surface area contributed by atoms with Gasteiger partial charge in [0.2, 0.25) is 0 Å². The SMILES string of the molecule is COC(=O)C(C)(N)CSc1ccccc1C. The van der Waals surface area contributed by atoms with Gasteiger partial charge < -0.3 is 10.5 Å². The summed E-state index contributed by atoms with van der Waals surface area (Å²) in [5, 5.41) is 0. The van der Waals surface area contributed by atoms with Crippen LogP contribution in [0.25, 0.3) is 0 Å². The first-order valence-electron chi connectivity index (χ1n) is 5.03. The first kappa shape index (κ1) is 13.1. The predicted octanol–water partition coefficient (Wildman–Crippen LogP) is 1.98. The second-order valence-electron chi connectivity index (χ2n) is 3.96. The summed E-state index contributed by atoms with van der Waals surface area (Å²) in [5.41, 5.74) is 6.12. The third-order valence-corrected chi connectivity index (χ3v) is 3.79. The Bertz CT molecular complexity index is 377. The van der Waals surface area contributed by atoms with Crippen molar-refractivity contribution < 1.29 is 9.53 Å². The lowest BCUT2D eigenvalue weighted by molar-refractivity contribution is -0.145. The molecule has 1 aromatic carbocycles. The van der Waals surface area contributed by atoms with Gasteiger partial charge >= 0.3 is 5.97 Å². The van der Waals surface area contributed by atoms with Crippen LogP contribution in [-0.2, 0) is 9.53 Å². The van der Waals surface area contributed by atoms with Gasteiger partial charge in [0.05, 0.1) is 7.11 Å². The summed E-state index contributed by atoms with van der Waals surface area (Å²) in [4.78, 5) is 12.5. The number of carbonyl (C=O) groups is 1. The van der Waals surface area contributed by atoms with E-state index >= 15 is 0 Å². The zero-order valence-corrected chi connectivity index (χ0v) is 10.6. The van der Waals surface area contributed by atoms with Crippen molar-refractivity contribution in [2.24, 2.45) is 5.73 Å². The summed E-state index contributed by atoms with van der Waals surface area (Å²) in [5.74, 6) is 0.124. The van der Waals surface area contributed by atoms with Crippen LogP contribution in [-0.4, -0.2) is 24.4 Å². The number of aryl methyl sites for hydroxylation is 1. The fourth-order valence-corrected chi connectivity index (χ4v) is 2.28. The van der Waals surface area contributed by atoms with Gasteiger partial charge in [-0.25, -0.2) is 0 Å². The van der Waals surface area contributed by atoms with E-state index in [1.807, 2.05) is 31.2 Å². The van der Waals surface area contributed by atoms with Gasteiger partial charge in [-0.05, 0) is 25.5 Å². The molecule has 0 aliphatic rings. The number of thioether (sulfide) groups is 1. The molecule has 0 saturated carbocycles. The second kappa shape index (κ2) is 5.37. The molecule has 4 heteroatoms. The summed E-state index contributed by atoms with van der Waals surface area (Å²) in [6, 6.07) is 8.02. The molecule has 0 aliphatic heterocycles. The first-order chi connectivity index (χ1) is 7.47. The quantitative estimate of drug-likeness (QED) is 0.645. The zero-order chi connectivity index (χ0) is 12.2. The molecule has 0 spiro atoms. The van der Waals surface area contributed by atoms with E-state index in [1.165, 1.54) is 12.7 Å². The standard InChI is InChI=1S/C12H17NO2S/c1-9-6-4-5-7-10(9)16-8-12(2,13)11(14)15-3/h4-7H,8,13H2,1-3H3. The molecule has 0 bridgehead atoms. The number of ether oxygens (including phenoxy) is 1. The second-order valence-corrected chi connectivity index (χ2v) is 4.98. The number of esters is 1. The van der Waals surface area contributed by atoms with Gasteiger partial charge in [0.1, 0.15) is 5.54 Å². The predicted molar refractivity (Wildman–Crippen MR) is 66.5 cm³/mol. The summed E-state index contributed by atoms with van der Waals surface area (Å²) in [7, 11) is 1.35. The van der Waals surface area contributed by atoms with Gasteiger partial charge in [0, 0.05) is 10.6 Å². The number of rotatable bonds is 4. The van der Waals surface area contributed by atoms with Crippen molar-refractivity contribution >= 4 is 17.7 Å². The van der Waals surface area contributed by atoms with E-state index < -0.39 is 5.54 Å². The van der Waals surface area contributed by atoms with Crippen molar-refractivity contribution in [1.82, 2.24) is 0 Å². The molecule has 88 valence electrons. The molecule has 0 heterocycles.